The number of piperazine rings is 1. The van der Waals surface area contributed by atoms with E-state index < -0.39 is 6.61 Å². The molecular weight excluding hydrogens is 392 g/mol. The van der Waals surface area contributed by atoms with Crippen LogP contribution in [0.5, 0.6) is 5.75 Å². The Morgan fingerprint density at radius 1 is 1.03 bits per heavy atom. The highest BCUT2D eigenvalue weighted by atomic mass is 19.3. The lowest BCUT2D eigenvalue weighted by molar-refractivity contribution is -0.117. The minimum Gasteiger partial charge on any atom is -0.434 e. The summed E-state index contributed by atoms with van der Waals surface area (Å²) in [7, 11) is 0. The van der Waals surface area contributed by atoms with Crippen molar-refractivity contribution in [1.29, 1.82) is 0 Å². The van der Waals surface area contributed by atoms with E-state index in [4.69, 9.17) is 0 Å². The van der Waals surface area contributed by atoms with E-state index in [0.717, 1.165) is 16.8 Å². The minimum absolute atomic E-state index is 0.110. The fourth-order valence-corrected chi connectivity index (χ4v) is 3.40. The first-order chi connectivity index (χ1) is 14.3. The van der Waals surface area contributed by atoms with Crippen molar-refractivity contribution >= 4 is 17.5 Å². The van der Waals surface area contributed by atoms with E-state index >= 15 is 0 Å². The molecule has 0 bridgehead atoms. The number of nitrogens with one attached hydrogen (secondary N) is 1. The fraction of sp³-hybridized carbons (Fsp3) is 0.364. The normalized spacial score (nSPS) is 14.6. The summed E-state index contributed by atoms with van der Waals surface area (Å²) in [4.78, 5) is 28.7. The summed E-state index contributed by atoms with van der Waals surface area (Å²) in [5.74, 6) is -0.599. The number of para-hydroxylation sites is 1. The van der Waals surface area contributed by atoms with Gasteiger partial charge in [-0.3, -0.25) is 14.5 Å². The maximum Gasteiger partial charge on any atom is 0.387 e. The highest BCUT2D eigenvalue weighted by Crippen LogP contribution is 2.23. The molecule has 30 heavy (non-hydrogen) atoms. The van der Waals surface area contributed by atoms with E-state index in [-0.39, 0.29) is 29.7 Å². The maximum atomic E-state index is 12.7. The zero-order chi connectivity index (χ0) is 21.7. The Kier molecular flexibility index (Phi) is 6.99. The molecule has 0 radical (unpaired) electrons. The van der Waals surface area contributed by atoms with Crippen LogP contribution in [0.15, 0.2) is 42.5 Å². The summed E-state index contributed by atoms with van der Waals surface area (Å²) in [5.41, 5.74) is 3.05. The van der Waals surface area contributed by atoms with E-state index in [1.54, 1.807) is 17.0 Å². The van der Waals surface area contributed by atoms with Crippen LogP contribution in [-0.4, -0.2) is 60.9 Å². The molecule has 160 valence electrons. The van der Waals surface area contributed by atoms with Gasteiger partial charge in [-0.05, 0) is 43.2 Å². The summed E-state index contributed by atoms with van der Waals surface area (Å²) in [5, 5.41) is 2.94. The van der Waals surface area contributed by atoms with E-state index in [9.17, 15) is 18.4 Å². The van der Waals surface area contributed by atoms with E-state index in [2.05, 4.69) is 10.1 Å². The van der Waals surface area contributed by atoms with Gasteiger partial charge in [0, 0.05) is 31.9 Å². The topological polar surface area (TPSA) is 61.9 Å². The Bertz CT molecular complexity index is 912. The van der Waals surface area contributed by atoms with Gasteiger partial charge in [0.05, 0.1) is 12.1 Å². The van der Waals surface area contributed by atoms with Crippen molar-refractivity contribution in [3.05, 3.63) is 59.2 Å². The molecular formula is C22H25F2N3O3. The van der Waals surface area contributed by atoms with Crippen LogP contribution in [0, 0.1) is 13.8 Å². The molecule has 0 aliphatic carbocycles. The molecule has 1 fully saturated rings. The number of hydrogen-bond donors (Lipinski definition) is 1. The van der Waals surface area contributed by atoms with Crippen LogP contribution in [-0.2, 0) is 4.79 Å². The van der Waals surface area contributed by atoms with Gasteiger partial charge in [0.1, 0.15) is 5.75 Å². The number of amides is 2. The standard InChI is InChI=1S/C22H25F2N3O3/c1-15-6-5-8-18(16(15)2)25-20(28)14-26-10-12-27(13-11-26)21(29)17-7-3-4-9-19(17)30-22(23)24/h3-9,22H,10-14H2,1-2H3,(H,25,28). The lowest BCUT2D eigenvalue weighted by Gasteiger charge is -2.34. The first-order valence-electron chi connectivity index (χ1n) is 9.76. The van der Waals surface area contributed by atoms with Gasteiger partial charge in [0.15, 0.2) is 0 Å². The molecule has 1 aliphatic rings. The molecule has 6 nitrogen and oxygen atoms in total. The van der Waals surface area contributed by atoms with Crippen molar-refractivity contribution in [3.63, 3.8) is 0 Å². The predicted molar refractivity (Wildman–Crippen MR) is 110 cm³/mol. The molecule has 3 rings (SSSR count). The number of alkyl halides is 2. The molecule has 2 amide bonds. The Balaban J connectivity index is 1.54. The quantitative estimate of drug-likeness (QED) is 0.784. The summed E-state index contributed by atoms with van der Waals surface area (Å²) in [6.07, 6.45) is 0. The second-order valence-corrected chi connectivity index (χ2v) is 7.24. The smallest absolute Gasteiger partial charge is 0.387 e. The molecule has 0 saturated carbocycles. The number of hydrogen-bond acceptors (Lipinski definition) is 4. The Hall–Kier alpha value is -3.00. The monoisotopic (exact) mass is 417 g/mol. The van der Waals surface area contributed by atoms with Crippen LogP contribution >= 0.6 is 0 Å². The third-order valence-corrected chi connectivity index (χ3v) is 5.24. The molecule has 0 unspecified atom stereocenters. The number of aryl methyl sites for hydroxylation is 1. The van der Waals surface area contributed by atoms with Gasteiger partial charge in [-0.15, -0.1) is 0 Å². The predicted octanol–water partition coefficient (Wildman–Crippen LogP) is 3.30. The van der Waals surface area contributed by atoms with E-state index in [1.807, 2.05) is 36.9 Å². The number of ether oxygens (including phenoxy) is 1. The molecule has 2 aromatic carbocycles. The van der Waals surface area contributed by atoms with Crippen molar-refractivity contribution in [2.75, 3.05) is 38.0 Å². The van der Waals surface area contributed by atoms with Gasteiger partial charge in [0.25, 0.3) is 5.91 Å². The summed E-state index contributed by atoms with van der Waals surface area (Å²) < 4.78 is 29.6. The van der Waals surface area contributed by atoms with Crippen LogP contribution in [0.2, 0.25) is 0 Å². The van der Waals surface area contributed by atoms with Crippen LogP contribution in [0.1, 0.15) is 21.5 Å². The largest absolute Gasteiger partial charge is 0.434 e. The van der Waals surface area contributed by atoms with Gasteiger partial charge < -0.3 is 15.0 Å². The second-order valence-electron chi connectivity index (χ2n) is 7.24. The van der Waals surface area contributed by atoms with Gasteiger partial charge in [-0.2, -0.15) is 8.78 Å². The highest BCUT2D eigenvalue weighted by Gasteiger charge is 2.26. The van der Waals surface area contributed by atoms with Crippen molar-refractivity contribution in [2.24, 2.45) is 0 Å². The minimum atomic E-state index is -2.99. The van der Waals surface area contributed by atoms with Crippen molar-refractivity contribution in [2.45, 2.75) is 20.5 Å². The Labute approximate surface area is 174 Å². The van der Waals surface area contributed by atoms with Crippen LogP contribution in [0.4, 0.5) is 14.5 Å². The van der Waals surface area contributed by atoms with Gasteiger partial charge in [-0.1, -0.05) is 24.3 Å². The number of halogens is 2. The molecule has 2 aromatic rings. The summed E-state index contributed by atoms with van der Waals surface area (Å²) in [6.45, 7) is 3.02. The first kappa shape index (κ1) is 21.7. The number of benzene rings is 2. The number of nitrogens with zero attached hydrogens (tertiary/aromatic N) is 2. The van der Waals surface area contributed by atoms with Crippen LogP contribution in [0.3, 0.4) is 0 Å². The van der Waals surface area contributed by atoms with Gasteiger partial charge in [0.2, 0.25) is 5.91 Å². The third kappa shape index (κ3) is 5.33. The van der Waals surface area contributed by atoms with Crippen molar-refractivity contribution < 1.29 is 23.1 Å². The molecule has 1 heterocycles. The van der Waals surface area contributed by atoms with Crippen LogP contribution in [0.25, 0.3) is 0 Å². The molecule has 0 aromatic heterocycles. The average Bonchev–Trinajstić information content (AvgIpc) is 2.71. The number of anilines is 1. The van der Waals surface area contributed by atoms with E-state index in [0.29, 0.717) is 26.2 Å². The second kappa shape index (κ2) is 9.67. The number of rotatable bonds is 6. The third-order valence-electron chi connectivity index (χ3n) is 5.24. The lowest BCUT2D eigenvalue weighted by Crippen LogP contribution is -2.50. The number of carbonyl (C=O) groups is 2. The fourth-order valence-electron chi connectivity index (χ4n) is 3.40. The molecule has 1 aliphatic heterocycles. The number of carbonyl (C=O) groups excluding carboxylic acids is 2. The first-order valence-corrected chi connectivity index (χ1v) is 9.76. The SMILES string of the molecule is Cc1cccc(NC(=O)CN2CCN(C(=O)c3ccccc3OC(F)F)CC2)c1C. The Morgan fingerprint density at radius 2 is 1.73 bits per heavy atom. The molecule has 0 atom stereocenters. The van der Waals surface area contributed by atoms with E-state index in [1.165, 1.54) is 12.1 Å². The van der Waals surface area contributed by atoms with Gasteiger partial charge >= 0.3 is 6.61 Å². The Morgan fingerprint density at radius 3 is 2.43 bits per heavy atom. The lowest BCUT2D eigenvalue weighted by atomic mass is 10.1. The molecule has 1 N–H and O–H groups in total. The summed E-state index contributed by atoms with van der Waals surface area (Å²) >= 11 is 0. The zero-order valence-corrected chi connectivity index (χ0v) is 17.0. The highest BCUT2D eigenvalue weighted by molar-refractivity contribution is 5.97. The maximum absolute atomic E-state index is 12.7. The molecule has 0 spiro atoms. The van der Waals surface area contributed by atoms with Crippen molar-refractivity contribution in [3.8, 4) is 5.75 Å². The molecule has 1 saturated heterocycles. The summed E-state index contributed by atoms with van der Waals surface area (Å²) in [6, 6.07) is 11.7. The zero-order valence-electron chi connectivity index (χ0n) is 17.0. The van der Waals surface area contributed by atoms with Crippen molar-refractivity contribution in [1.82, 2.24) is 9.80 Å². The van der Waals surface area contributed by atoms with Crippen LogP contribution < -0.4 is 10.1 Å². The average molecular weight is 417 g/mol. The molecule has 8 heteroatoms. The van der Waals surface area contributed by atoms with Gasteiger partial charge in [-0.25, -0.2) is 0 Å².